The van der Waals surface area contributed by atoms with E-state index < -0.39 is 17.5 Å². The highest BCUT2D eigenvalue weighted by molar-refractivity contribution is 6.62. The van der Waals surface area contributed by atoms with E-state index in [2.05, 4.69) is 9.53 Å². The second-order valence-corrected chi connectivity index (χ2v) is 6.61. The van der Waals surface area contributed by atoms with E-state index in [1.54, 1.807) is 7.11 Å². The van der Waals surface area contributed by atoms with Crippen LogP contribution in [0.3, 0.4) is 0 Å². The summed E-state index contributed by atoms with van der Waals surface area (Å²) in [5.41, 5.74) is 8.21. The maximum absolute atomic E-state index is 12.6. The zero-order valence-electron chi connectivity index (χ0n) is 13.0. The maximum Gasteiger partial charge on any atom is 0.441 e. The van der Waals surface area contributed by atoms with Crippen molar-refractivity contribution in [2.24, 2.45) is 23.2 Å². The smallest absolute Gasteiger partial charge is 0.441 e. The van der Waals surface area contributed by atoms with E-state index in [1.807, 2.05) is 13.8 Å². The van der Waals surface area contributed by atoms with Crippen LogP contribution in [0.25, 0.3) is 5.53 Å². The Morgan fingerprint density at radius 1 is 1.19 bits per heavy atom. The van der Waals surface area contributed by atoms with Crippen molar-refractivity contribution in [2.45, 2.75) is 39.2 Å². The van der Waals surface area contributed by atoms with E-state index in [0.29, 0.717) is 18.3 Å². The van der Waals surface area contributed by atoms with Crippen LogP contribution < -0.4 is 0 Å². The summed E-state index contributed by atoms with van der Waals surface area (Å²) in [5, 5.41) is 0. The fourth-order valence-electron chi connectivity index (χ4n) is 4.20. The number of methoxy groups -OCH3 is 2. The van der Waals surface area contributed by atoms with Crippen molar-refractivity contribution in [3.8, 4) is 0 Å². The number of Topliss-reactive ketones (excluding diaryl/α,β-unsaturated/α-hetero) is 1. The minimum atomic E-state index is -0.884. The van der Waals surface area contributed by atoms with Gasteiger partial charge < -0.3 is 15.0 Å². The number of fused-ring (bicyclic) bond motifs is 1. The van der Waals surface area contributed by atoms with Crippen molar-refractivity contribution in [2.75, 3.05) is 14.2 Å². The molecule has 116 valence electrons. The van der Waals surface area contributed by atoms with E-state index >= 15 is 0 Å². The second-order valence-electron chi connectivity index (χ2n) is 6.61. The van der Waals surface area contributed by atoms with Gasteiger partial charge in [-0.2, -0.15) is 4.79 Å². The molecule has 2 saturated carbocycles. The number of hydrogen-bond donors (Lipinski definition) is 0. The number of rotatable bonds is 4. The fourth-order valence-corrected chi connectivity index (χ4v) is 4.20. The molecule has 0 amide bonds. The summed E-state index contributed by atoms with van der Waals surface area (Å²) >= 11 is 0. The number of carbonyl (C=O) groups is 2. The highest BCUT2D eigenvalue weighted by atomic mass is 16.5. The molecule has 6 heteroatoms. The molecule has 0 heterocycles. The molecule has 0 unspecified atom stereocenters. The Bertz CT molecular complexity index is 508. The van der Waals surface area contributed by atoms with Crippen molar-refractivity contribution >= 4 is 17.5 Å². The molecular weight excluding hydrogens is 272 g/mol. The minimum absolute atomic E-state index is 0.251. The van der Waals surface area contributed by atoms with Crippen LogP contribution in [-0.4, -0.2) is 42.6 Å². The van der Waals surface area contributed by atoms with Crippen molar-refractivity contribution in [1.29, 1.82) is 0 Å². The first-order chi connectivity index (χ1) is 9.86. The highest BCUT2D eigenvalue weighted by Gasteiger charge is 2.57. The van der Waals surface area contributed by atoms with Gasteiger partial charge in [0.15, 0.2) is 0 Å². The number of ketones is 1. The first-order valence-corrected chi connectivity index (χ1v) is 7.24. The van der Waals surface area contributed by atoms with Gasteiger partial charge in [0.05, 0.1) is 13.2 Å². The van der Waals surface area contributed by atoms with Crippen LogP contribution >= 0.6 is 0 Å². The summed E-state index contributed by atoms with van der Waals surface area (Å²) in [6.45, 7) is 4.09. The lowest BCUT2D eigenvalue weighted by Gasteiger charge is -2.31. The van der Waals surface area contributed by atoms with Crippen LogP contribution in [0.2, 0.25) is 0 Å². The summed E-state index contributed by atoms with van der Waals surface area (Å²) in [7, 11) is 2.88. The molecule has 0 radical (unpaired) electrons. The summed E-state index contributed by atoms with van der Waals surface area (Å²) in [6.07, 6.45) is 2.83. The van der Waals surface area contributed by atoms with E-state index in [9.17, 15) is 9.59 Å². The number of hydrogen-bond acceptors (Lipinski definition) is 4. The summed E-state index contributed by atoms with van der Waals surface area (Å²) in [5.74, 6) is -0.830. The third-order valence-corrected chi connectivity index (χ3v) is 5.41. The van der Waals surface area contributed by atoms with Gasteiger partial charge in [-0.05, 0) is 36.5 Å². The third-order valence-electron chi connectivity index (χ3n) is 5.41. The zero-order chi connectivity index (χ0) is 15.8. The Labute approximate surface area is 124 Å². The molecule has 2 aliphatic rings. The van der Waals surface area contributed by atoms with Gasteiger partial charge in [0.1, 0.15) is 0 Å². The van der Waals surface area contributed by atoms with Gasteiger partial charge >= 0.3 is 11.7 Å². The summed E-state index contributed by atoms with van der Waals surface area (Å²) in [6, 6.07) is 0. The first kappa shape index (κ1) is 15.9. The van der Waals surface area contributed by atoms with Crippen LogP contribution in [0.15, 0.2) is 0 Å². The molecule has 2 fully saturated rings. The van der Waals surface area contributed by atoms with E-state index in [4.69, 9.17) is 10.3 Å². The van der Waals surface area contributed by atoms with Crippen molar-refractivity contribution < 1.29 is 23.9 Å². The Hall–Kier alpha value is -1.52. The topological polar surface area (TPSA) is 89.0 Å². The molecule has 0 saturated heterocycles. The zero-order valence-corrected chi connectivity index (χ0v) is 13.0. The molecule has 0 aromatic rings. The molecule has 4 atom stereocenters. The van der Waals surface area contributed by atoms with Gasteiger partial charge in [-0.3, -0.25) is 4.79 Å². The molecule has 2 rings (SSSR count). The van der Waals surface area contributed by atoms with Gasteiger partial charge in [-0.25, -0.2) is 4.79 Å². The lowest BCUT2D eigenvalue weighted by Crippen LogP contribution is -2.38. The quantitative estimate of drug-likeness (QED) is 0.258. The normalized spacial score (nSPS) is 33.1. The monoisotopic (exact) mass is 294 g/mol. The van der Waals surface area contributed by atoms with Crippen LogP contribution in [0, 0.1) is 23.2 Å². The minimum Gasteiger partial charge on any atom is -0.460 e. The number of ether oxygens (including phenoxy) is 2. The molecule has 0 spiro atoms. The standard InChI is InChI=1S/C15H22N2O4/c1-15(2)10-7-9(20-3)5-8(10)6-11(15)13(18)12(17-16)14(19)21-4/h8-11H,5-7H2,1-4H3/t8-,9-,10-,11+/m1/s1. The van der Waals surface area contributed by atoms with Crippen molar-refractivity contribution in [1.82, 2.24) is 0 Å². The SMILES string of the molecule is COC(=O)C(=[N+]=[N-])C(=O)[C@@H]1C[C@H]2C[C@@H](OC)C[C@H]2C1(C)C. The fraction of sp³-hybridized carbons (Fsp3) is 0.800. The largest absolute Gasteiger partial charge is 0.460 e. The molecule has 2 aliphatic carbocycles. The lowest BCUT2D eigenvalue weighted by atomic mass is 9.72. The number of carbonyl (C=O) groups excluding carboxylic acids is 2. The molecule has 0 N–H and O–H groups in total. The van der Waals surface area contributed by atoms with Gasteiger partial charge in [0.2, 0.25) is 0 Å². The molecule has 0 bridgehead atoms. The molecule has 0 aliphatic heterocycles. The summed E-state index contributed by atoms with van der Waals surface area (Å²) < 4.78 is 9.95. The molecule has 0 aromatic carbocycles. The lowest BCUT2D eigenvalue weighted by molar-refractivity contribution is -0.141. The van der Waals surface area contributed by atoms with Crippen molar-refractivity contribution in [3.63, 3.8) is 0 Å². The Kier molecular flexibility index (Phi) is 4.30. The van der Waals surface area contributed by atoms with E-state index in [-0.39, 0.29) is 17.4 Å². The average Bonchev–Trinajstić information content (AvgIpc) is 2.97. The molecule has 21 heavy (non-hydrogen) atoms. The van der Waals surface area contributed by atoms with E-state index in [0.717, 1.165) is 12.8 Å². The third kappa shape index (κ3) is 2.54. The average molecular weight is 294 g/mol. The van der Waals surface area contributed by atoms with Gasteiger partial charge in [0, 0.05) is 13.0 Å². The second kappa shape index (κ2) is 5.70. The molecule has 0 aromatic heterocycles. The summed E-state index contributed by atoms with van der Waals surface area (Å²) in [4.78, 5) is 27.0. The number of esters is 1. The van der Waals surface area contributed by atoms with Gasteiger partial charge in [-0.15, -0.1) is 0 Å². The van der Waals surface area contributed by atoms with Crippen molar-refractivity contribution in [3.05, 3.63) is 5.53 Å². The predicted molar refractivity (Wildman–Crippen MR) is 74.5 cm³/mol. The van der Waals surface area contributed by atoms with E-state index in [1.165, 1.54) is 7.11 Å². The van der Waals surface area contributed by atoms with Crippen LogP contribution in [0.4, 0.5) is 0 Å². The van der Waals surface area contributed by atoms with Gasteiger partial charge in [0.25, 0.3) is 5.78 Å². The first-order valence-electron chi connectivity index (χ1n) is 7.24. The Balaban J connectivity index is 2.22. The van der Waals surface area contributed by atoms with Crippen LogP contribution in [0.5, 0.6) is 0 Å². The molecule has 6 nitrogen and oxygen atoms in total. The number of nitrogens with zero attached hydrogens (tertiary/aromatic N) is 2. The predicted octanol–water partition coefficient (Wildman–Crippen LogP) is 1.49. The van der Waals surface area contributed by atoms with Crippen LogP contribution in [-0.2, 0) is 19.1 Å². The highest BCUT2D eigenvalue weighted by Crippen LogP contribution is 2.58. The van der Waals surface area contributed by atoms with Crippen LogP contribution in [0.1, 0.15) is 33.1 Å². The Morgan fingerprint density at radius 3 is 2.33 bits per heavy atom. The molecular formula is C15H22N2O4. The van der Waals surface area contributed by atoms with Gasteiger partial charge in [-0.1, -0.05) is 13.8 Å². The maximum atomic E-state index is 12.6. The Morgan fingerprint density at radius 2 is 1.86 bits per heavy atom.